The van der Waals surface area contributed by atoms with Crippen LogP contribution in [0.25, 0.3) is 10.9 Å². The summed E-state index contributed by atoms with van der Waals surface area (Å²) in [6.07, 6.45) is 0.0995. The smallest absolute Gasteiger partial charge is 0.344 e. The second-order valence-corrected chi connectivity index (χ2v) is 8.41. The number of hydrogen-bond donors (Lipinski definition) is 1. The van der Waals surface area contributed by atoms with Crippen molar-refractivity contribution in [3.05, 3.63) is 95.1 Å². The molecule has 1 unspecified atom stereocenters. The maximum Gasteiger partial charge on any atom is 0.344 e. The van der Waals surface area contributed by atoms with E-state index in [-0.39, 0.29) is 6.61 Å². The number of fused-ring (bicyclic) bond motifs is 1. The summed E-state index contributed by atoms with van der Waals surface area (Å²) in [7, 11) is 0. The van der Waals surface area contributed by atoms with Crippen molar-refractivity contribution in [2.45, 2.75) is 39.1 Å². The third-order valence-corrected chi connectivity index (χ3v) is 5.69. The summed E-state index contributed by atoms with van der Waals surface area (Å²) in [5.41, 5.74) is 2.45. The number of aromatic nitrogens is 1. The minimum atomic E-state index is -1.02. The monoisotopic (exact) mass is 491 g/mol. The zero-order valence-corrected chi connectivity index (χ0v) is 20.1. The molecule has 0 fully saturated rings. The van der Waals surface area contributed by atoms with Crippen LogP contribution in [0.3, 0.4) is 0 Å². The maximum absolute atomic E-state index is 11.5. The van der Waals surface area contributed by atoms with E-state index in [1.807, 2.05) is 67.6 Å². The Morgan fingerprint density at radius 3 is 2.34 bits per heavy atom. The van der Waals surface area contributed by atoms with E-state index in [1.165, 1.54) is 0 Å². The van der Waals surface area contributed by atoms with Gasteiger partial charge in [-0.25, -0.2) is 9.78 Å². The van der Waals surface area contributed by atoms with E-state index in [0.717, 1.165) is 16.6 Å². The van der Waals surface area contributed by atoms with Crippen molar-refractivity contribution in [1.82, 2.24) is 4.98 Å². The van der Waals surface area contributed by atoms with Crippen molar-refractivity contribution in [3.63, 3.8) is 0 Å². The Labute approximate surface area is 209 Å². The Balaban J connectivity index is 1.36. The first-order valence-corrected chi connectivity index (χ1v) is 11.8. The van der Waals surface area contributed by atoms with Crippen LogP contribution < -0.4 is 14.2 Å². The molecule has 0 radical (unpaired) electrons. The van der Waals surface area contributed by atoms with Crippen LogP contribution in [0.2, 0.25) is 5.02 Å². The number of benzene rings is 3. The predicted molar refractivity (Wildman–Crippen MR) is 135 cm³/mol. The van der Waals surface area contributed by atoms with Crippen LogP contribution in [-0.2, 0) is 18.0 Å². The predicted octanol–water partition coefficient (Wildman–Crippen LogP) is 6.68. The Morgan fingerprint density at radius 2 is 1.63 bits per heavy atom. The Hall–Kier alpha value is -3.77. The van der Waals surface area contributed by atoms with E-state index in [4.69, 9.17) is 25.8 Å². The summed E-state index contributed by atoms with van der Waals surface area (Å²) in [5, 5.41) is 10.9. The van der Waals surface area contributed by atoms with Crippen LogP contribution in [0, 0.1) is 0 Å². The Kier molecular flexibility index (Phi) is 8.06. The summed E-state index contributed by atoms with van der Waals surface area (Å²) in [5.74, 6) is 0.643. The largest absolute Gasteiger partial charge is 0.489 e. The molecule has 7 heteroatoms. The van der Waals surface area contributed by atoms with Crippen molar-refractivity contribution in [3.8, 4) is 17.2 Å². The first kappa shape index (κ1) is 24.4. The Morgan fingerprint density at radius 1 is 0.914 bits per heavy atom. The molecule has 0 bridgehead atoms. The van der Waals surface area contributed by atoms with E-state index in [2.05, 4.69) is 4.98 Å². The molecule has 0 spiro atoms. The van der Waals surface area contributed by atoms with Crippen LogP contribution >= 0.6 is 11.6 Å². The van der Waals surface area contributed by atoms with Gasteiger partial charge in [0.1, 0.15) is 30.5 Å². The maximum atomic E-state index is 11.5. The van der Waals surface area contributed by atoms with Crippen molar-refractivity contribution in [2.24, 2.45) is 0 Å². The molecular weight excluding hydrogens is 466 g/mol. The highest BCUT2D eigenvalue weighted by molar-refractivity contribution is 6.32. The minimum Gasteiger partial charge on any atom is -0.489 e. The third kappa shape index (κ3) is 6.43. The molecule has 35 heavy (non-hydrogen) atoms. The van der Waals surface area contributed by atoms with E-state index in [0.29, 0.717) is 47.3 Å². The standard InChI is InChI=1S/C28H26ClNO5/c1-2-6-26(28(31)32)35-27-20(8-5-9-24(27)29)17-33-22-13-15-23(16-14-22)34-18-21-12-11-19-7-3-4-10-25(19)30-21/h3-5,7-16,26H,2,6,17-18H2,1H3,(H,31,32). The molecule has 3 aromatic carbocycles. The van der Waals surface area contributed by atoms with E-state index in [9.17, 15) is 9.90 Å². The van der Waals surface area contributed by atoms with Crippen molar-refractivity contribution >= 4 is 28.5 Å². The lowest BCUT2D eigenvalue weighted by Gasteiger charge is -2.18. The molecule has 6 nitrogen and oxygen atoms in total. The normalized spacial score (nSPS) is 11.7. The third-order valence-electron chi connectivity index (χ3n) is 5.40. The summed E-state index contributed by atoms with van der Waals surface area (Å²) in [6, 6.07) is 24.5. The van der Waals surface area contributed by atoms with Gasteiger partial charge in [0.05, 0.1) is 16.2 Å². The summed E-state index contributed by atoms with van der Waals surface area (Å²) in [6.45, 7) is 2.44. The molecule has 1 N–H and O–H groups in total. The fourth-order valence-corrected chi connectivity index (χ4v) is 3.81. The first-order chi connectivity index (χ1) is 17.0. The van der Waals surface area contributed by atoms with Gasteiger partial charge < -0.3 is 19.3 Å². The van der Waals surface area contributed by atoms with Crippen LogP contribution in [-0.4, -0.2) is 22.2 Å². The molecule has 1 heterocycles. The van der Waals surface area contributed by atoms with Gasteiger partial charge in [-0.1, -0.05) is 61.3 Å². The average Bonchev–Trinajstić information content (AvgIpc) is 2.87. The van der Waals surface area contributed by atoms with Gasteiger partial charge in [0, 0.05) is 10.9 Å². The molecule has 1 atom stereocenters. The summed E-state index contributed by atoms with van der Waals surface area (Å²) in [4.78, 5) is 16.1. The lowest BCUT2D eigenvalue weighted by atomic mass is 10.2. The average molecular weight is 492 g/mol. The molecule has 0 saturated carbocycles. The minimum absolute atomic E-state index is 0.176. The highest BCUT2D eigenvalue weighted by atomic mass is 35.5. The first-order valence-electron chi connectivity index (χ1n) is 11.4. The van der Waals surface area contributed by atoms with Gasteiger partial charge in [0.15, 0.2) is 6.10 Å². The quantitative estimate of drug-likeness (QED) is 0.252. The number of carboxylic acid groups (broad SMARTS) is 1. The van der Waals surface area contributed by atoms with Gasteiger partial charge in [0.2, 0.25) is 0 Å². The SMILES string of the molecule is CCCC(Oc1c(Cl)cccc1COc1ccc(OCc2ccc3ccccc3n2)cc1)C(=O)O. The second kappa shape index (κ2) is 11.6. The van der Waals surface area contributed by atoms with Crippen LogP contribution in [0.1, 0.15) is 31.0 Å². The number of carbonyl (C=O) groups is 1. The van der Waals surface area contributed by atoms with Gasteiger partial charge in [0.25, 0.3) is 0 Å². The Bertz CT molecular complexity index is 1290. The van der Waals surface area contributed by atoms with Gasteiger partial charge in [-0.05, 0) is 48.9 Å². The number of pyridine rings is 1. The second-order valence-electron chi connectivity index (χ2n) is 8.01. The molecule has 4 aromatic rings. The lowest BCUT2D eigenvalue weighted by Crippen LogP contribution is -2.27. The van der Waals surface area contributed by atoms with Crippen molar-refractivity contribution < 1.29 is 24.1 Å². The zero-order chi connectivity index (χ0) is 24.6. The van der Waals surface area contributed by atoms with Gasteiger partial charge in [-0.15, -0.1) is 0 Å². The van der Waals surface area contributed by atoms with Crippen molar-refractivity contribution in [1.29, 1.82) is 0 Å². The number of hydrogen-bond acceptors (Lipinski definition) is 5. The van der Waals surface area contributed by atoms with E-state index < -0.39 is 12.1 Å². The lowest BCUT2D eigenvalue weighted by molar-refractivity contribution is -0.145. The van der Waals surface area contributed by atoms with Gasteiger partial charge >= 0.3 is 5.97 Å². The molecule has 4 rings (SSSR count). The number of nitrogens with zero attached hydrogens (tertiary/aromatic N) is 1. The van der Waals surface area contributed by atoms with E-state index >= 15 is 0 Å². The topological polar surface area (TPSA) is 77.9 Å². The molecular formula is C28H26ClNO5. The molecule has 0 aliphatic carbocycles. The van der Waals surface area contributed by atoms with Gasteiger partial charge in [-0.2, -0.15) is 0 Å². The van der Waals surface area contributed by atoms with Crippen molar-refractivity contribution in [2.75, 3.05) is 0 Å². The van der Waals surface area contributed by atoms with E-state index in [1.54, 1.807) is 18.2 Å². The number of para-hydroxylation sites is 2. The fraction of sp³-hybridized carbons (Fsp3) is 0.214. The summed E-state index contributed by atoms with van der Waals surface area (Å²) >= 11 is 6.30. The molecule has 0 amide bonds. The van der Waals surface area contributed by atoms with Crippen LogP contribution in [0.15, 0.2) is 78.9 Å². The summed E-state index contributed by atoms with van der Waals surface area (Å²) < 4.78 is 17.5. The fourth-order valence-electron chi connectivity index (χ4n) is 3.58. The van der Waals surface area contributed by atoms with Crippen LogP contribution in [0.4, 0.5) is 0 Å². The van der Waals surface area contributed by atoms with Gasteiger partial charge in [-0.3, -0.25) is 0 Å². The molecule has 180 valence electrons. The number of ether oxygens (including phenoxy) is 3. The number of carboxylic acids is 1. The number of aliphatic carboxylic acids is 1. The van der Waals surface area contributed by atoms with Crippen LogP contribution in [0.5, 0.6) is 17.2 Å². The molecule has 0 aliphatic heterocycles. The highest BCUT2D eigenvalue weighted by Crippen LogP contribution is 2.31. The molecule has 0 saturated heterocycles. The number of rotatable bonds is 11. The zero-order valence-electron chi connectivity index (χ0n) is 19.3. The highest BCUT2D eigenvalue weighted by Gasteiger charge is 2.21. The molecule has 1 aromatic heterocycles. The molecule has 0 aliphatic rings. The number of halogens is 1.